The maximum absolute atomic E-state index is 5.54. The van der Waals surface area contributed by atoms with Gasteiger partial charge in [-0.3, -0.25) is 10.2 Å². The fourth-order valence-corrected chi connectivity index (χ4v) is 11.8. The molecule has 0 aromatic heterocycles. The summed E-state index contributed by atoms with van der Waals surface area (Å²) >= 11 is 0. The maximum atomic E-state index is 5.54. The van der Waals surface area contributed by atoms with E-state index < -0.39 is 0 Å². The molecule has 4 atom stereocenters. The van der Waals surface area contributed by atoms with Gasteiger partial charge < -0.3 is 33.9 Å². The summed E-state index contributed by atoms with van der Waals surface area (Å²) in [7, 11) is 0. The highest BCUT2D eigenvalue weighted by atomic mass is 16.5. The lowest BCUT2D eigenvalue weighted by Gasteiger charge is -2.25. The van der Waals surface area contributed by atoms with Crippen LogP contribution in [0.2, 0.25) is 0 Å². The predicted molar refractivity (Wildman–Crippen MR) is 437 cm³/mol. The van der Waals surface area contributed by atoms with Crippen LogP contribution in [0.3, 0.4) is 0 Å². The fourth-order valence-electron chi connectivity index (χ4n) is 11.8. The minimum atomic E-state index is 0.554. The zero-order valence-electron chi connectivity index (χ0n) is 73.2. The molecule has 9 rings (SSSR count). The molecule has 9 nitrogen and oxygen atoms in total. The van der Waals surface area contributed by atoms with E-state index in [4.69, 9.17) is 23.7 Å². The number of hydrogen-bond acceptors (Lipinski definition) is 9. The Kier molecular flexibility index (Phi) is 107. The van der Waals surface area contributed by atoms with Gasteiger partial charge in [0.1, 0.15) is 0 Å². The second kappa shape index (κ2) is 89.7. The first kappa shape index (κ1) is 113. The van der Waals surface area contributed by atoms with Gasteiger partial charge in [0.05, 0.1) is 32.8 Å². The molecule has 0 bridgehead atoms. The summed E-state index contributed by atoms with van der Waals surface area (Å²) in [6.45, 7) is 90.3. The molecule has 9 fully saturated rings. The van der Waals surface area contributed by atoms with Crippen molar-refractivity contribution < 1.29 is 23.7 Å². The second-order valence-corrected chi connectivity index (χ2v) is 27.6. The van der Waals surface area contributed by atoms with Crippen LogP contribution >= 0.6 is 0 Å². The third kappa shape index (κ3) is 73.2. The Labute approximate surface area is 606 Å². The Morgan fingerprint density at radius 1 is 0.274 bits per heavy atom. The third-order valence-electron chi connectivity index (χ3n) is 18.3. The SMILES string of the molecule is CC.CC.CC.CC.CC.CC.CC.CC.CC.CC(C)C1CCCCC1.CC(C)C1CCCCC1.CC(C)C1CCCCO1.CC(C)C1CCCN1.CC(C)C1CCCOC1.CC(C)C1CCOCC1.CC(C)C1COCN1.CC(C)N1CCCC1.CC(C)N1CCOC1. The Bertz CT molecular complexity index is 1020. The van der Waals surface area contributed by atoms with Gasteiger partial charge in [-0.1, -0.05) is 286 Å². The highest BCUT2D eigenvalue weighted by Gasteiger charge is 2.22. The molecule has 7 saturated heterocycles. The first-order valence-corrected chi connectivity index (χ1v) is 42.6. The van der Waals surface area contributed by atoms with Crippen molar-refractivity contribution in [2.75, 3.05) is 85.9 Å². The quantitative estimate of drug-likeness (QED) is 0.235. The lowest BCUT2D eigenvalue weighted by Crippen LogP contribution is -2.28. The molecule has 9 aliphatic rings. The predicted octanol–water partition coefficient (Wildman–Crippen LogP) is 26.2. The Morgan fingerprint density at radius 3 is 0.895 bits per heavy atom. The Balaban J connectivity index is -0.000000121. The summed E-state index contributed by atoms with van der Waals surface area (Å²) in [5, 5.41) is 6.69. The van der Waals surface area contributed by atoms with E-state index in [2.05, 4.69) is 145 Å². The summed E-state index contributed by atoms with van der Waals surface area (Å²) in [5.41, 5.74) is 0. The second-order valence-electron chi connectivity index (χ2n) is 27.6. The molecule has 588 valence electrons. The smallest absolute Gasteiger partial charge is 0.0993 e. The van der Waals surface area contributed by atoms with Crippen LogP contribution in [0.1, 0.15) is 384 Å². The minimum Gasteiger partial charge on any atom is -0.381 e. The van der Waals surface area contributed by atoms with Gasteiger partial charge in [0.2, 0.25) is 0 Å². The number of ether oxygens (including phenoxy) is 5. The molecule has 2 N–H and O–H groups in total. The van der Waals surface area contributed by atoms with Gasteiger partial charge in [-0.05, 0) is 183 Å². The van der Waals surface area contributed by atoms with Gasteiger partial charge in [-0.25, -0.2) is 0 Å². The van der Waals surface area contributed by atoms with Crippen LogP contribution in [0, 0.1) is 65.1 Å². The summed E-state index contributed by atoms with van der Waals surface area (Å²) in [5.74, 6) is 9.66. The molecule has 4 unspecified atom stereocenters. The average molecular weight is 1360 g/mol. The molecule has 9 heteroatoms. The highest BCUT2D eigenvalue weighted by Crippen LogP contribution is 2.30. The number of rotatable bonds is 9. The van der Waals surface area contributed by atoms with Gasteiger partial charge in [-0.2, -0.15) is 0 Å². The van der Waals surface area contributed by atoms with Crippen LogP contribution in [0.4, 0.5) is 0 Å². The van der Waals surface area contributed by atoms with Crippen molar-refractivity contribution in [1.29, 1.82) is 0 Å². The average Bonchev–Trinajstić information content (AvgIpc) is 3.94. The topological polar surface area (TPSA) is 76.7 Å². The van der Waals surface area contributed by atoms with Gasteiger partial charge in [0.15, 0.2) is 0 Å². The monoisotopic (exact) mass is 1360 g/mol. The number of likely N-dealkylation sites (tertiary alicyclic amines) is 1. The molecule has 2 saturated carbocycles. The van der Waals surface area contributed by atoms with Crippen LogP contribution < -0.4 is 10.6 Å². The van der Waals surface area contributed by atoms with E-state index in [-0.39, 0.29) is 0 Å². The van der Waals surface area contributed by atoms with Crippen molar-refractivity contribution in [3.8, 4) is 0 Å². The number of nitrogens with zero attached hydrogens (tertiary/aromatic N) is 2. The first-order valence-electron chi connectivity index (χ1n) is 42.6. The van der Waals surface area contributed by atoms with E-state index >= 15 is 0 Å². The lowest BCUT2D eigenvalue weighted by atomic mass is 9.82. The van der Waals surface area contributed by atoms with Crippen molar-refractivity contribution >= 4 is 0 Å². The van der Waals surface area contributed by atoms with E-state index in [1.54, 1.807) is 0 Å². The van der Waals surface area contributed by atoms with Crippen molar-refractivity contribution in [3.05, 3.63) is 0 Å². The van der Waals surface area contributed by atoms with Crippen LogP contribution in [-0.2, 0) is 23.7 Å². The maximum Gasteiger partial charge on any atom is 0.0993 e. The van der Waals surface area contributed by atoms with E-state index in [0.717, 1.165) is 132 Å². The zero-order valence-corrected chi connectivity index (χ0v) is 73.2. The Hall–Kier alpha value is -0.360. The summed E-state index contributed by atoms with van der Waals surface area (Å²) < 4.78 is 26.4. The van der Waals surface area contributed by atoms with Crippen molar-refractivity contribution in [1.82, 2.24) is 20.4 Å². The summed E-state index contributed by atoms with van der Waals surface area (Å²) in [6, 6.07) is 2.83. The molecule has 0 aromatic carbocycles. The fraction of sp³-hybridized carbons (Fsp3) is 1.00. The molecule has 7 heterocycles. The molecule has 7 aliphatic heterocycles. The zero-order chi connectivity index (χ0) is 75.4. The van der Waals surface area contributed by atoms with Crippen LogP contribution in [0.5, 0.6) is 0 Å². The van der Waals surface area contributed by atoms with E-state index in [0.29, 0.717) is 30.0 Å². The summed E-state index contributed by atoms with van der Waals surface area (Å²) in [6.07, 6.45) is 30.2. The lowest BCUT2D eigenvalue weighted by molar-refractivity contribution is -0.0115. The van der Waals surface area contributed by atoms with Crippen LogP contribution in [0.25, 0.3) is 0 Å². The van der Waals surface area contributed by atoms with E-state index in [9.17, 15) is 0 Å². The molecule has 2 aliphatic carbocycles. The standard InChI is InChI=1S/2C9H18.3C8H16O.2C7H15N.2C6H13NO.9C2H6/c2*1-8(2)9-6-4-3-5-7-9;1-7(2)8-3-5-9-6-4-8;1-7(2)8-4-3-5-9-6-8;1-7(2)8-5-3-4-6-9-8;1-7(2)8-5-3-4-6-8;1-6(2)7-4-3-5-8-7;1-5(2)6-3-8-4-7-6;1-6(2)7-3-4-8-5-7;9*1-2/h2*8-9H,3-7H2,1-2H3;3*7-8H,3-6H2,1-2H3;7H,3-6H2,1-2H3;6-8H,3-5H2,1-2H3;5-7H,3-4H2,1-2H3;6H,3-5H2,1-2H3;9*1-2H3. The molecule has 0 aromatic rings. The highest BCUT2D eigenvalue weighted by molar-refractivity contribution is 4.77. The van der Waals surface area contributed by atoms with Crippen molar-refractivity contribution in [2.45, 2.75) is 414 Å². The van der Waals surface area contributed by atoms with Crippen LogP contribution in [-0.4, -0.2) is 126 Å². The molecular weight excluding hydrogens is 1170 g/mol. The minimum absolute atomic E-state index is 0.554. The number of nitrogens with one attached hydrogen (secondary N) is 2. The molecule has 0 spiro atoms. The van der Waals surface area contributed by atoms with E-state index in [1.165, 1.54) is 154 Å². The third-order valence-corrected chi connectivity index (χ3v) is 18.3. The largest absolute Gasteiger partial charge is 0.381 e. The molecule has 0 radical (unpaired) electrons. The molecule has 95 heavy (non-hydrogen) atoms. The number of hydrogen-bond donors (Lipinski definition) is 2. The van der Waals surface area contributed by atoms with Gasteiger partial charge in [0, 0.05) is 63.7 Å². The van der Waals surface area contributed by atoms with Crippen LogP contribution in [0.15, 0.2) is 0 Å². The summed E-state index contributed by atoms with van der Waals surface area (Å²) in [4.78, 5) is 4.83. The van der Waals surface area contributed by atoms with Gasteiger partial charge in [0.25, 0.3) is 0 Å². The van der Waals surface area contributed by atoms with Crippen molar-refractivity contribution in [2.24, 2.45) is 65.1 Å². The normalized spacial score (nSPS) is 21.4. The van der Waals surface area contributed by atoms with E-state index in [1.807, 2.05) is 125 Å². The Morgan fingerprint density at radius 2 is 0.684 bits per heavy atom. The first-order chi connectivity index (χ1) is 45.7. The molecule has 0 amide bonds. The van der Waals surface area contributed by atoms with Crippen molar-refractivity contribution in [3.63, 3.8) is 0 Å². The van der Waals surface area contributed by atoms with Gasteiger partial charge in [-0.15, -0.1) is 0 Å². The molecular formula is C86H194N4O5. The van der Waals surface area contributed by atoms with Gasteiger partial charge >= 0.3 is 0 Å².